The Balaban J connectivity index is 2.27. The zero-order valence-electron chi connectivity index (χ0n) is 10.4. The van der Waals surface area contributed by atoms with Crippen molar-refractivity contribution in [1.82, 2.24) is 10.2 Å². The average molecular weight is 334 g/mol. The first-order valence-corrected chi connectivity index (χ1v) is 6.84. The Hall–Kier alpha value is -1.57. The molecule has 0 spiro atoms. The second-order valence-corrected chi connectivity index (χ2v) is 5.47. The van der Waals surface area contributed by atoms with Gasteiger partial charge in [-0.2, -0.15) is 0 Å². The van der Waals surface area contributed by atoms with Gasteiger partial charge >= 0.3 is 0 Å². The topological polar surface area (TPSA) is 73.3 Å². The van der Waals surface area contributed by atoms with E-state index in [0.717, 1.165) is 11.3 Å². The number of rotatable bonds is 4. The highest BCUT2D eigenvalue weighted by molar-refractivity contribution is 7.17. The van der Waals surface area contributed by atoms with E-state index in [-0.39, 0.29) is 9.47 Å². The molecule has 0 bridgehead atoms. The first-order chi connectivity index (χ1) is 9.55. The van der Waals surface area contributed by atoms with E-state index in [0.29, 0.717) is 22.2 Å². The fourth-order valence-corrected chi connectivity index (χ4v) is 2.35. The molecule has 0 fully saturated rings. The van der Waals surface area contributed by atoms with Crippen LogP contribution in [0.2, 0.25) is 9.49 Å². The van der Waals surface area contributed by atoms with Gasteiger partial charge in [-0.25, -0.2) is 0 Å². The average Bonchev–Trinajstić information content (AvgIpc) is 2.87. The van der Waals surface area contributed by atoms with Crippen molar-refractivity contribution < 1.29 is 14.3 Å². The predicted molar refractivity (Wildman–Crippen MR) is 77.4 cm³/mol. The Labute approximate surface area is 128 Å². The van der Waals surface area contributed by atoms with Gasteiger partial charge in [0.2, 0.25) is 9.47 Å². The van der Waals surface area contributed by atoms with Crippen molar-refractivity contribution in [3.8, 4) is 11.5 Å². The van der Waals surface area contributed by atoms with Gasteiger partial charge in [0.1, 0.15) is 0 Å². The SMILES string of the molecule is COc1cc(Cl)c(NC(=O)c2nnc(Cl)s2)cc1OC. The van der Waals surface area contributed by atoms with Gasteiger partial charge in [0.15, 0.2) is 11.5 Å². The van der Waals surface area contributed by atoms with Crippen LogP contribution in [0.4, 0.5) is 5.69 Å². The zero-order valence-corrected chi connectivity index (χ0v) is 12.8. The van der Waals surface area contributed by atoms with Crippen LogP contribution in [0.1, 0.15) is 9.80 Å². The number of halogens is 2. The van der Waals surface area contributed by atoms with Crippen LogP contribution < -0.4 is 14.8 Å². The second kappa shape index (κ2) is 6.25. The molecule has 20 heavy (non-hydrogen) atoms. The minimum atomic E-state index is -0.455. The lowest BCUT2D eigenvalue weighted by atomic mass is 10.2. The third-order valence-corrected chi connectivity index (χ3v) is 3.65. The van der Waals surface area contributed by atoms with E-state index in [9.17, 15) is 4.79 Å². The van der Waals surface area contributed by atoms with Crippen molar-refractivity contribution in [1.29, 1.82) is 0 Å². The number of anilines is 1. The van der Waals surface area contributed by atoms with E-state index < -0.39 is 5.91 Å². The molecule has 1 heterocycles. The molecule has 6 nitrogen and oxygen atoms in total. The van der Waals surface area contributed by atoms with E-state index in [2.05, 4.69) is 15.5 Å². The number of carbonyl (C=O) groups is 1. The molecule has 0 saturated heterocycles. The molecule has 1 N–H and O–H groups in total. The number of nitrogens with one attached hydrogen (secondary N) is 1. The summed E-state index contributed by atoms with van der Waals surface area (Å²) in [6.45, 7) is 0. The maximum Gasteiger partial charge on any atom is 0.286 e. The lowest BCUT2D eigenvalue weighted by Gasteiger charge is -2.11. The molecule has 0 aliphatic rings. The molecule has 2 aromatic rings. The van der Waals surface area contributed by atoms with Gasteiger partial charge in [-0.05, 0) is 11.6 Å². The first-order valence-electron chi connectivity index (χ1n) is 5.27. The highest BCUT2D eigenvalue weighted by atomic mass is 35.5. The summed E-state index contributed by atoms with van der Waals surface area (Å²) in [5.41, 5.74) is 0.376. The van der Waals surface area contributed by atoms with Gasteiger partial charge in [-0.3, -0.25) is 4.79 Å². The maximum atomic E-state index is 11.9. The third-order valence-electron chi connectivity index (χ3n) is 2.32. The Morgan fingerprint density at radius 3 is 2.40 bits per heavy atom. The molecule has 1 aromatic heterocycles. The zero-order chi connectivity index (χ0) is 14.7. The molecular weight excluding hydrogens is 325 g/mol. The monoisotopic (exact) mass is 333 g/mol. The number of methoxy groups -OCH3 is 2. The molecule has 1 aromatic carbocycles. The second-order valence-electron chi connectivity index (χ2n) is 3.50. The smallest absolute Gasteiger partial charge is 0.286 e. The van der Waals surface area contributed by atoms with Crippen molar-refractivity contribution >= 4 is 46.1 Å². The van der Waals surface area contributed by atoms with Crippen LogP contribution in [0.25, 0.3) is 0 Å². The van der Waals surface area contributed by atoms with Crippen LogP contribution in [-0.2, 0) is 0 Å². The normalized spacial score (nSPS) is 10.2. The van der Waals surface area contributed by atoms with E-state index in [1.165, 1.54) is 14.2 Å². The van der Waals surface area contributed by atoms with Gasteiger partial charge in [0.05, 0.1) is 24.9 Å². The summed E-state index contributed by atoms with van der Waals surface area (Å²) in [4.78, 5) is 11.9. The van der Waals surface area contributed by atoms with Crippen LogP contribution in [-0.4, -0.2) is 30.3 Å². The number of nitrogens with zero attached hydrogens (tertiary/aromatic N) is 2. The quantitative estimate of drug-likeness (QED) is 0.930. The lowest BCUT2D eigenvalue weighted by Crippen LogP contribution is -2.12. The summed E-state index contributed by atoms with van der Waals surface area (Å²) in [6, 6.07) is 3.10. The third kappa shape index (κ3) is 3.12. The van der Waals surface area contributed by atoms with Gasteiger partial charge in [-0.15, -0.1) is 10.2 Å². The standard InChI is InChI=1S/C11H9Cl2N3O3S/c1-18-7-3-5(12)6(4-8(7)19-2)14-9(17)10-15-16-11(13)20-10/h3-4H,1-2H3,(H,14,17). The molecular formula is C11H9Cl2N3O3S. The highest BCUT2D eigenvalue weighted by Gasteiger charge is 2.16. The summed E-state index contributed by atoms with van der Waals surface area (Å²) in [5.74, 6) is 0.459. The first kappa shape index (κ1) is 14.8. The molecule has 2 rings (SSSR count). The Bertz CT molecular complexity index is 648. The molecule has 0 atom stereocenters. The molecule has 0 saturated carbocycles. The van der Waals surface area contributed by atoms with Crippen molar-refractivity contribution in [3.63, 3.8) is 0 Å². The van der Waals surface area contributed by atoms with Gasteiger partial charge < -0.3 is 14.8 Å². The van der Waals surface area contributed by atoms with Gasteiger partial charge in [0.25, 0.3) is 5.91 Å². The Kier molecular flexibility index (Phi) is 4.64. The molecule has 0 unspecified atom stereocenters. The minimum absolute atomic E-state index is 0.140. The van der Waals surface area contributed by atoms with Gasteiger partial charge in [0, 0.05) is 12.1 Å². The van der Waals surface area contributed by atoms with E-state index in [1.54, 1.807) is 12.1 Å². The van der Waals surface area contributed by atoms with Crippen LogP contribution in [0.5, 0.6) is 11.5 Å². The molecule has 0 radical (unpaired) electrons. The van der Waals surface area contributed by atoms with Crippen molar-refractivity contribution in [2.24, 2.45) is 0 Å². The van der Waals surface area contributed by atoms with Crippen molar-refractivity contribution in [2.45, 2.75) is 0 Å². The maximum absolute atomic E-state index is 11.9. The molecule has 106 valence electrons. The largest absolute Gasteiger partial charge is 0.493 e. The number of benzene rings is 1. The fraction of sp³-hybridized carbons (Fsp3) is 0.182. The molecule has 0 aliphatic carbocycles. The fourth-order valence-electron chi connectivity index (χ4n) is 1.42. The van der Waals surface area contributed by atoms with E-state index in [4.69, 9.17) is 32.7 Å². The Morgan fingerprint density at radius 1 is 1.20 bits per heavy atom. The van der Waals surface area contributed by atoms with Crippen LogP contribution >= 0.6 is 34.5 Å². The number of amides is 1. The molecule has 0 aliphatic heterocycles. The predicted octanol–water partition coefficient (Wildman–Crippen LogP) is 3.11. The number of hydrogen-bond donors (Lipinski definition) is 1. The van der Waals surface area contributed by atoms with Crippen LogP contribution in [0, 0.1) is 0 Å². The summed E-state index contributed by atoms with van der Waals surface area (Å²) in [7, 11) is 2.98. The number of carbonyl (C=O) groups excluding carboxylic acids is 1. The number of aromatic nitrogens is 2. The summed E-state index contributed by atoms with van der Waals surface area (Å²) in [6.07, 6.45) is 0. The van der Waals surface area contributed by atoms with Crippen molar-refractivity contribution in [3.05, 3.63) is 26.6 Å². The highest BCUT2D eigenvalue weighted by Crippen LogP contribution is 2.36. The summed E-state index contributed by atoms with van der Waals surface area (Å²) < 4.78 is 10.4. The molecule has 1 amide bonds. The van der Waals surface area contributed by atoms with Crippen LogP contribution in [0.3, 0.4) is 0 Å². The van der Waals surface area contributed by atoms with Crippen molar-refractivity contribution in [2.75, 3.05) is 19.5 Å². The Morgan fingerprint density at radius 2 is 1.85 bits per heavy atom. The number of ether oxygens (including phenoxy) is 2. The lowest BCUT2D eigenvalue weighted by molar-refractivity contribution is 0.102. The summed E-state index contributed by atoms with van der Waals surface area (Å²) >= 11 is 12.7. The van der Waals surface area contributed by atoms with Gasteiger partial charge in [-0.1, -0.05) is 22.9 Å². The van der Waals surface area contributed by atoms with E-state index >= 15 is 0 Å². The van der Waals surface area contributed by atoms with Crippen LogP contribution in [0.15, 0.2) is 12.1 Å². The van der Waals surface area contributed by atoms with E-state index in [1.807, 2.05) is 0 Å². The minimum Gasteiger partial charge on any atom is -0.493 e. The number of hydrogen-bond acceptors (Lipinski definition) is 6. The molecule has 9 heteroatoms. The summed E-state index contributed by atoms with van der Waals surface area (Å²) in [5, 5.41) is 10.3.